The average molecular weight is 351 g/mol. The molecule has 1 amide bonds. The van der Waals surface area contributed by atoms with Crippen LogP contribution in [-0.2, 0) is 17.6 Å². The van der Waals surface area contributed by atoms with E-state index in [1.54, 1.807) is 0 Å². The number of carbonyl (C=O) groups excluding carboxylic acids is 1. The van der Waals surface area contributed by atoms with Gasteiger partial charge in [0.15, 0.2) is 0 Å². The Balaban J connectivity index is 1.84. The highest BCUT2D eigenvalue weighted by Crippen LogP contribution is 2.15. The van der Waals surface area contributed by atoms with Gasteiger partial charge < -0.3 is 10.6 Å². The third-order valence-corrected chi connectivity index (χ3v) is 4.51. The van der Waals surface area contributed by atoms with E-state index in [4.69, 9.17) is 0 Å². The summed E-state index contributed by atoms with van der Waals surface area (Å²) in [5.41, 5.74) is 4.29. The quantitative estimate of drug-likeness (QED) is 0.672. The number of anilines is 1. The molecule has 138 valence electrons. The Morgan fingerprint density at radius 3 is 2.27 bits per heavy atom. The van der Waals surface area contributed by atoms with E-state index in [2.05, 4.69) is 60.5 Å². The summed E-state index contributed by atoms with van der Waals surface area (Å²) in [7, 11) is 0. The Morgan fingerprint density at radius 2 is 1.65 bits per heavy atom. The van der Waals surface area contributed by atoms with Gasteiger partial charge in [0.1, 0.15) is 0 Å². The fraction of sp³-hybridized carbons (Fsp3) is 0.348. The van der Waals surface area contributed by atoms with Crippen LogP contribution in [0.4, 0.5) is 5.69 Å². The van der Waals surface area contributed by atoms with Crippen LogP contribution >= 0.6 is 0 Å². The average Bonchev–Trinajstić information content (AvgIpc) is 2.64. The van der Waals surface area contributed by atoms with E-state index in [0.29, 0.717) is 0 Å². The second-order valence-corrected chi connectivity index (χ2v) is 6.92. The first kappa shape index (κ1) is 19.8. The highest BCUT2D eigenvalue weighted by atomic mass is 16.1. The number of rotatable bonds is 9. The number of amides is 1. The molecule has 26 heavy (non-hydrogen) atoms. The van der Waals surface area contributed by atoms with Crippen LogP contribution < -0.4 is 10.6 Å². The largest absolute Gasteiger partial charge is 0.358 e. The number of hydrogen-bond donors (Lipinski definition) is 2. The van der Waals surface area contributed by atoms with Gasteiger partial charge in [-0.2, -0.15) is 0 Å². The van der Waals surface area contributed by atoms with Crippen LogP contribution in [0.1, 0.15) is 38.3 Å². The van der Waals surface area contributed by atoms with Gasteiger partial charge in [-0.3, -0.25) is 4.79 Å². The lowest BCUT2D eigenvalue weighted by atomic mass is 10.00. The normalized spacial score (nSPS) is 12.9. The molecule has 0 radical (unpaired) electrons. The molecular formula is C23H30N2O. The van der Waals surface area contributed by atoms with Crippen molar-refractivity contribution in [2.45, 2.75) is 46.1 Å². The summed E-state index contributed by atoms with van der Waals surface area (Å²) in [6, 6.07) is 18.3. The fourth-order valence-corrected chi connectivity index (χ4v) is 2.84. The van der Waals surface area contributed by atoms with Crippen molar-refractivity contribution in [3.8, 4) is 0 Å². The maximum atomic E-state index is 12.5. The van der Waals surface area contributed by atoms with Crippen molar-refractivity contribution in [2.75, 3.05) is 5.32 Å². The number of carbonyl (C=O) groups is 1. The third-order valence-electron chi connectivity index (χ3n) is 4.51. The SMILES string of the molecule is C=C(Nc1ccc(CCC)cc1)C(C)NC(=O)C(C)Cc1ccccc1. The molecule has 0 spiro atoms. The van der Waals surface area contributed by atoms with E-state index >= 15 is 0 Å². The first-order valence-electron chi connectivity index (χ1n) is 9.38. The van der Waals surface area contributed by atoms with E-state index in [9.17, 15) is 4.79 Å². The monoisotopic (exact) mass is 350 g/mol. The molecule has 2 N–H and O–H groups in total. The molecule has 3 heteroatoms. The molecule has 0 fully saturated rings. The first-order chi connectivity index (χ1) is 12.5. The van der Waals surface area contributed by atoms with Crippen LogP contribution in [0.15, 0.2) is 66.9 Å². The third kappa shape index (κ3) is 6.07. The van der Waals surface area contributed by atoms with Crippen LogP contribution in [0.5, 0.6) is 0 Å². The van der Waals surface area contributed by atoms with E-state index in [0.717, 1.165) is 30.6 Å². The van der Waals surface area contributed by atoms with Crippen molar-refractivity contribution >= 4 is 11.6 Å². The maximum Gasteiger partial charge on any atom is 0.223 e. The van der Waals surface area contributed by atoms with Crippen LogP contribution in [0, 0.1) is 5.92 Å². The second kappa shape index (κ2) is 9.81. The lowest BCUT2D eigenvalue weighted by Gasteiger charge is -2.21. The molecule has 2 aromatic carbocycles. The van der Waals surface area contributed by atoms with E-state index in [-0.39, 0.29) is 17.9 Å². The minimum absolute atomic E-state index is 0.0441. The summed E-state index contributed by atoms with van der Waals surface area (Å²) in [5.74, 6) is -0.0384. The minimum Gasteiger partial charge on any atom is -0.358 e. The number of benzene rings is 2. The van der Waals surface area contributed by atoms with Gasteiger partial charge in [0.25, 0.3) is 0 Å². The number of aryl methyl sites for hydroxylation is 1. The predicted octanol–water partition coefficient (Wildman–Crippen LogP) is 4.95. The Hall–Kier alpha value is -2.55. The smallest absolute Gasteiger partial charge is 0.223 e. The number of hydrogen-bond acceptors (Lipinski definition) is 2. The van der Waals surface area contributed by atoms with Gasteiger partial charge in [0.05, 0.1) is 6.04 Å². The molecule has 2 atom stereocenters. The van der Waals surface area contributed by atoms with Crippen LogP contribution in [-0.4, -0.2) is 11.9 Å². The van der Waals surface area contributed by atoms with Gasteiger partial charge in [0, 0.05) is 17.3 Å². The highest BCUT2D eigenvalue weighted by molar-refractivity contribution is 5.79. The van der Waals surface area contributed by atoms with Crippen molar-refractivity contribution in [1.82, 2.24) is 5.32 Å². The molecule has 2 rings (SSSR count). The molecule has 0 saturated carbocycles. The predicted molar refractivity (Wildman–Crippen MR) is 110 cm³/mol. The Morgan fingerprint density at radius 1 is 1.00 bits per heavy atom. The summed E-state index contributed by atoms with van der Waals surface area (Å²) >= 11 is 0. The van der Waals surface area contributed by atoms with E-state index in [1.807, 2.05) is 32.0 Å². The van der Waals surface area contributed by atoms with Crippen molar-refractivity contribution in [3.05, 3.63) is 78.0 Å². The summed E-state index contributed by atoms with van der Waals surface area (Å²) < 4.78 is 0. The lowest BCUT2D eigenvalue weighted by molar-refractivity contribution is -0.124. The topological polar surface area (TPSA) is 41.1 Å². The summed E-state index contributed by atoms with van der Waals surface area (Å²) in [4.78, 5) is 12.5. The fourth-order valence-electron chi connectivity index (χ4n) is 2.84. The molecule has 0 saturated heterocycles. The van der Waals surface area contributed by atoms with Gasteiger partial charge in [-0.05, 0) is 43.0 Å². The van der Waals surface area contributed by atoms with Gasteiger partial charge in [-0.1, -0.05) is 69.3 Å². The lowest BCUT2D eigenvalue weighted by Crippen LogP contribution is -2.39. The molecular weight excluding hydrogens is 320 g/mol. The summed E-state index contributed by atoms with van der Waals surface area (Å²) in [6.07, 6.45) is 2.97. The van der Waals surface area contributed by atoms with Crippen LogP contribution in [0.3, 0.4) is 0 Å². The minimum atomic E-state index is -0.143. The molecule has 0 aliphatic carbocycles. The van der Waals surface area contributed by atoms with Crippen LogP contribution in [0.25, 0.3) is 0 Å². The van der Waals surface area contributed by atoms with Gasteiger partial charge >= 0.3 is 0 Å². The first-order valence-corrected chi connectivity index (χ1v) is 9.38. The van der Waals surface area contributed by atoms with E-state index in [1.165, 1.54) is 11.1 Å². The summed E-state index contributed by atoms with van der Waals surface area (Å²) in [6.45, 7) is 10.2. The van der Waals surface area contributed by atoms with Crippen molar-refractivity contribution in [3.63, 3.8) is 0 Å². The molecule has 2 unspecified atom stereocenters. The second-order valence-electron chi connectivity index (χ2n) is 6.92. The highest BCUT2D eigenvalue weighted by Gasteiger charge is 2.17. The van der Waals surface area contributed by atoms with Gasteiger partial charge in [0.2, 0.25) is 5.91 Å². The maximum absolute atomic E-state index is 12.5. The van der Waals surface area contributed by atoms with Crippen molar-refractivity contribution in [2.24, 2.45) is 5.92 Å². The molecule has 0 aromatic heterocycles. The van der Waals surface area contributed by atoms with Crippen LogP contribution in [0.2, 0.25) is 0 Å². The molecule has 0 heterocycles. The Labute approximate surface area is 157 Å². The van der Waals surface area contributed by atoms with E-state index < -0.39 is 0 Å². The van der Waals surface area contributed by atoms with Crippen molar-refractivity contribution < 1.29 is 4.79 Å². The molecule has 0 bridgehead atoms. The zero-order valence-corrected chi connectivity index (χ0v) is 16.1. The molecule has 3 nitrogen and oxygen atoms in total. The summed E-state index contributed by atoms with van der Waals surface area (Å²) in [5, 5.41) is 6.35. The molecule has 2 aromatic rings. The zero-order chi connectivity index (χ0) is 18.9. The Bertz CT molecular complexity index is 707. The zero-order valence-electron chi connectivity index (χ0n) is 16.1. The number of nitrogens with one attached hydrogen (secondary N) is 2. The standard InChI is InChI=1S/C23H30N2O/c1-5-9-20-12-14-22(15-13-20)24-18(3)19(4)25-23(26)17(2)16-21-10-7-6-8-11-21/h6-8,10-15,17,19,24H,3,5,9,16H2,1-2,4H3,(H,25,26). The van der Waals surface area contributed by atoms with Gasteiger partial charge in [-0.15, -0.1) is 0 Å². The Kier molecular flexibility index (Phi) is 7.46. The van der Waals surface area contributed by atoms with Gasteiger partial charge in [-0.25, -0.2) is 0 Å². The van der Waals surface area contributed by atoms with Crippen molar-refractivity contribution in [1.29, 1.82) is 0 Å². The molecule has 0 aliphatic rings. The molecule has 0 aliphatic heterocycles.